The summed E-state index contributed by atoms with van der Waals surface area (Å²) in [5, 5.41) is 6.04. The van der Waals surface area contributed by atoms with E-state index in [9.17, 15) is 14.4 Å². The molecular weight excluding hydrogens is 432 g/mol. The Bertz CT molecular complexity index is 986. The summed E-state index contributed by atoms with van der Waals surface area (Å²) >= 11 is 5.84. The van der Waals surface area contributed by atoms with E-state index in [1.54, 1.807) is 49.3 Å². The normalized spacial score (nSPS) is 17.9. The lowest BCUT2D eigenvalue weighted by atomic mass is 9.81. The lowest BCUT2D eigenvalue weighted by molar-refractivity contribution is -0.135. The van der Waals surface area contributed by atoms with E-state index in [0.717, 1.165) is 0 Å². The van der Waals surface area contributed by atoms with E-state index >= 15 is 0 Å². The average molecular weight is 459 g/mol. The number of hydrogen-bond acceptors (Lipinski definition) is 5. The fourth-order valence-corrected chi connectivity index (χ4v) is 3.89. The molecule has 1 saturated carbocycles. The maximum absolute atomic E-state index is 12.9. The molecule has 9 heteroatoms. The van der Waals surface area contributed by atoms with Gasteiger partial charge in [-0.05, 0) is 56.0 Å². The van der Waals surface area contributed by atoms with Crippen LogP contribution in [0.25, 0.3) is 0 Å². The Morgan fingerprint density at radius 3 is 2.31 bits per heavy atom. The van der Waals surface area contributed by atoms with Crippen molar-refractivity contribution in [3.8, 4) is 5.75 Å². The highest BCUT2D eigenvalue weighted by Crippen LogP contribution is 2.31. The number of pyridine rings is 1. The van der Waals surface area contributed by atoms with Crippen LogP contribution in [0.15, 0.2) is 36.5 Å². The summed E-state index contributed by atoms with van der Waals surface area (Å²) in [4.78, 5) is 43.6. The largest absolute Gasteiger partial charge is 0.497 e. The molecule has 1 heterocycles. The van der Waals surface area contributed by atoms with Crippen molar-refractivity contribution in [1.29, 1.82) is 0 Å². The van der Waals surface area contributed by atoms with Crippen LogP contribution in [-0.2, 0) is 9.59 Å². The Morgan fingerprint density at radius 2 is 1.72 bits per heavy atom. The summed E-state index contributed by atoms with van der Waals surface area (Å²) in [5.74, 6) is 0.0800. The van der Waals surface area contributed by atoms with Gasteiger partial charge in [-0.3, -0.25) is 14.4 Å². The second kappa shape index (κ2) is 10.5. The van der Waals surface area contributed by atoms with Crippen molar-refractivity contribution in [1.82, 2.24) is 9.88 Å². The number of nitrogens with zero attached hydrogens (tertiary/aromatic N) is 2. The molecule has 1 aromatic heterocycles. The summed E-state index contributed by atoms with van der Waals surface area (Å²) in [7, 11) is 5.00. The number of halogens is 1. The Morgan fingerprint density at radius 1 is 1.03 bits per heavy atom. The Labute approximate surface area is 192 Å². The molecule has 8 nitrogen and oxygen atoms in total. The topological polar surface area (TPSA) is 101 Å². The average Bonchev–Trinajstić information content (AvgIpc) is 2.80. The van der Waals surface area contributed by atoms with E-state index in [2.05, 4.69) is 15.6 Å². The van der Waals surface area contributed by atoms with Gasteiger partial charge in [-0.2, -0.15) is 0 Å². The van der Waals surface area contributed by atoms with Gasteiger partial charge >= 0.3 is 0 Å². The smallest absolute Gasteiger partial charge is 0.259 e. The Kier molecular flexibility index (Phi) is 7.69. The van der Waals surface area contributed by atoms with E-state index in [0.29, 0.717) is 48.0 Å². The van der Waals surface area contributed by atoms with Crippen molar-refractivity contribution in [2.45, 2.75) is 25.7 Å². The molecule has 0 aliphatic heterocycles. The predicted octanol–water partition coefficient (Wildman–Crippen LogP) is 3.83. The molecule has 0 bridgehead atoms. The zero-order chi connectivity index (χ0) is 23.3. The third-order valence-electron chi connectivity index (χ3n) is 5.59. The van der Waals surface area contributed by atoms with Crippen molar-refractivity contribution in [3.63, 3.8) is 0 Å². The number of hydrogen-bond donors (Lipinski definition) is 2. The van der Waals surface area contributed by atoms with Gasteiger partial charge in [0, 0.05) is 32.1 Å². The first-order valence-electron chi connectivity index (χ1n) is 10.4. The highest BCUT2D eigenvalue weighted by molar-refractivity contribution is 6.30. The van der Waals surface area contributed by atoms with Crippen LogP contribution >= 0.6 is 11.6 Å². The van der Waals surface area contributed by atoms with Crippen LogP contribution in [0.2, 0.25) is 5.02 Å². The summed E-state index contributed by atoms with van der Waals surface area (Å²) in [6.07, 6.45) is 4.04. The van der Waals surface area contributed by atoms with Gasteiger partial charge < -0.3 is 20.3 Å². The second-order valence-electron chi connectivity index (χ2n) is 8.00. The van der Waals surface area contributed by atoms with Crippen LogP contribution in [0.5, 0.6) is 5.75 Å². The number of ether oxygens (including phenoxy) is 1. The zero-order valence-corrected chi connectivity index (χ0v) is 19.1. The number of rotatable bonds is 6. The molecule has 1 fully saturated rings. The molecule has 0 spiro atoms. The highest BCUT2D eigenvalue weighted by Gasteiger charge is 2.31. The minimum Gasteiger partial charge on any atom is -0.497 e. The molecule has 32 heavy (non-hydrogen) atoms. The first kappa shape index (κ1) is 23.5. The second-order valence-corrected chi connectivity index (χ2v) is 8.43. The number of aromatic nitrogens is 1. The molecule has 2 N–H and O–H groups in total. The van der Waals surface area contributed by atoms with Crippen LogP contribution in [0.4, 0.5) is 11.5 Å². The summed E-state index contributed by atoms with van der Waals surface area (Å²) in [6.45, 7) is 0. The molecule has 1 aromatic carbocycles. The summed E-state index contributed by atoms with van der Waals surface area (Å²) < 4.78 is 5.24. The molecule has 1 aliphatic rings. The lowest BCUT2D eigenvalue weighted by Crippen LogP contribution is -2.35. The minimum absolute atomic E-state index is 0.0387. The number of carbonyl (C=O) groups excluding carboxylic acids is 3. The third kappa shape index (κ3) is 5.76. The maximum atomic E-state index is 12.9. The van der Waals surface area contributed by atoms with Crippen molar-refractivity contribution in [3.05, 3.63) is 47.1 Å². The lowest BCUT2D eigenvalue weighted by Gasteiger charge is -2.28. The quantitative estimate of drug-likeness (QED) is 0.685. The number of amides is 3. The fraction of sp³-hybridized carbons (Fsp3) is 0.391. The van der Waals surface area contributed by atoms with Crippen LogP contribution in [0.3, 0.4) is 0 Å². The minimum atomic E-state index is -0.436. The van der Waals surface area contributed by atoms with Gasteiger partial charge in [0.05, 0.1) is 23.4 Å². The fourth-order valence-electron chi connectivity index (χ4n) is 3.78. The molecule has 3 amide bonds. The molecule has 170 valence electrons. The number of methoxy groups -OCH3 is 1. The van der Waals surface area contributed by atoms with Gasteiger partial charge in [-0.1, -0.05) is 11.6 Å². The van der Waals surface area contributed by atoms with Gasteiger partial charge in [-0.25, -0.2) is 4.98 Å². The molecule has 1 aliphatic carbocycles. The first-order valence-corrected chi connectivity index (χ1v) is 10.8. The van der Waals surface area contributed by atoms with Gasteiger partial charge in [-0.15, -0.1) is 0 Å². The third-order valence-corrected chi connectivity index (χ3v) is 5.81. The van der Waals surface area contributed by atoms with Crippen LogP contribution in [0.1, 0.15) is 36.0 Å². The number of carbonyl (C=O) groups is 3. The SMILES string of the molecule is COc1ccc(NC(=O)C2CCC(C(=O)N(C)C)CC2)c(C(=O)Nc2ccc(Cl)cn2)c1. The van der Waals surface area contributed by atoms with Crippen LogP contribution in [0, 0.1) is 11.8 Å². The monoisotopic (exact) mass is 458 g/mol. The van der Waals surface area contributed by atoms with Gasteiger partial charge in [0.15, 0.2) is 0 Å². The Hall–Kier alpha value is -3.13. The standard InChI is InChI=1S/C23H27ClN4O4/c1-28(2)23(31)15-6-4-14(5-7-15)21(29)26-19-10-9-17(32-3)12-18(19)22(30)27-20-11-8-16(24)13-25-20/h8-15H,4-7H2,1-3H3,(H,26,29)(H,25,27,30). The summed E-state index contributed by atoms with van der Waals surface area (Å²) in [6, 6.07) is 8.09. The predicted molar refractivity (Wildman–Crippen MR) is 123 cm³/mol. The van der Waals surface area contributed by atoms with E-state index in [-0.39, 0.29) is 29.2 Å². The van der Waals surface area contributed by atoms with E-state index in [4.69, 9.17) is 16.3 Å². The van der Waals surface area contributed by atoms with Gasteiger partial charge in [0.2, 0.25) is 11.8 Å². The maximum Gasteiger partial charge on any atom is 0.259 e. The van der Waals surface area contributed by atoms with E-state index in [1.807, 2.05) is 0 Å². The highest BCUT2D eigenvalue weighted by atomic mass is 35.5. The van der Waals surface area contributed by atoms with E-state index in [1.165, 1.54) is 13.3 Å². The van der Waals surface area contributed by atoms with Crippen molar-refractivity contribution in [2.24, 2.45) is 11.8 Å². The number of nitrogens with one attached hydrogen (secondary N) is 2. The molecular formula is C23H27ClN4O4. The molecule has 0 saturated heterocycles. The molecule has 0 radical (unpaired) electrons. The van der Waals surface area contributed by atoms with Crippen LogP contribution < -0.4 is 15.4 Å². The Balaban J connectivity index is 1.71. The number of benzene rings is 1. The van der Waals surface area contributed by atoms with Crippen LogP contribution in [-0.4, -0.2) is 48.8 Å². The van der Waals surface area contributed by atoms with E-state index < -0.39 is 5.91 Å². The number of anilines is 2. The summed E-state index contributed by atoms with van der Waals surface area (Å²) in [5.41, 5.74) is 0.639. The van der Waals surface area contributed by atoms with Crippen molar-refractivity contribution >= 4 is 40.8 Å². The first-order chi connectivity index (χ1) is 15.3. The van der Waals surface area contributed by atoms with Crippen molar-refractivity contribution < 1.29 is 19.1 Å². The van der Waals surface area contributed by atoms with Gasteiger partial charge in [0.25, 0.3) is 5.91 Å². The van der Waals surface area contributed by atoms with Crippen molar-refractivity contribution in [2.75, 3.05) is 31.8 Å². The molecule has 0 atom stereocenters. The molecule has 2 aromatic rings. The van der Waals surface area contributed by atoms with Gasteiger partial charge in [0.1, 0.15) is 11.6 Å². The molecule has 3 rings (SSSR count). The zero-order valence-electron chi connectivity index (χ0n) is 18.4. The molecule has 0 unspecified atom stereocenters.